The predicted octanol–water partition coefficient (Wildman–Crippen LogP) is 4.10. The smallest absolute Gasteiger partial charge is 0.418 e. The van der Waals surface area contributed by atoms with E-state index in [1.807, 2.05) is 27.7 Å². The van der Waals surface area contributed by atoms with E-state index in [9.17, 15) is 4.79 Å². The summed E-state index contributed by atoms with van der Waals surface area (Å²) in [5.74, 6) is 1.31. The second-order valence-corrected chi connectivity index (χ2v) is 9.59. The number of carbonyl (C=O) groups excluding carboxylic acids is 1. The molecule has 4 atom stereocenters. The number of fused-ring (bicyclic) bond motifs is 1. The molecule has 10 nitrogen and oxygen atoms in total. The Balaban J connectivity index is 2.39. The minimum Gasteiger partial charge on any atom is -0.483 e. The first-order chi connectivity index (χ1) is 17.1. The van der Waals surface area contributed by atoms with Crippen LogP contribution in [0.2, 0.25) is 0 Å². The molecule has 3 heterocycles. The molecule has 0 aliphatic carbocycles. The Morgan fingerprint density at radius 2 is 1.64 bits per heavy atom. The van der Waals surface area contributed by atoms with Crippen LogP contribution < -0.4 is 0 Å². The molecule has 1 fully saturated rings. The van der Waals surface area contributed by atoms with Gasteiger partial charge in [-0.15, -0.1) is 13.2 Å². The van der Waals surface area contributed by atoms with Gasteiger partial charge in [-0.2, -0.15) is 0 Å². The molecule has 0 radical (unpaired) electrons. The molecule has 1 saturated heterocycles. The lowest BCUT2D eigenvalue weighted by Crippen LogP contribution is -2.67. The standard InChI is InChI=1S/C26H38N4O6/c1-11-13-25(22(34-9)27-17(15(3)4)19(29-25)32-7)21-26(14-12-2)23(35-10)28-18(16(5)6)20(33-8)30(26)24(31)36-21/h11-12,15-17,21H,1-2,13-14H2,3-10H3/t17-,21+,25+,26+/m1/s1. The molecule has 198 valence electrons. The molecule has 0 bridgehead atoms. The molecule has 1 amide bonds. The lowest BCUT2D eigenvalue weighted by molar-refractivity contribution is 0.0589. The van der Waals surface area contributed by atoms with Crippen LogP contribution in [-0.4, -0.2) is 80.3 Å². The average Bonchev–Trinajstić information content (AvgIpc) is 3.15. The second-order valence-electron chi connectivity index (χ2n) is 9.59. The van der Waals surface area contributed by atoms with Gasteiger partial charge < -0.3 is 23.7 Å². The lowest BCUT2D eigenvalue weighted by atomic mass is 9.73. The molecular formula is C26H38N4O6. The van der Waals surface area contributed by atoms with Crippen molar-refractivity contribution >= 4 is 23.8 Å². The van der Waals surface area contributed by atoms with Gasteiger partial charge >= 0.3 is 6.09 Å². The molecule has 0 aromatic rings. The van der Waals surface area contributed by atoms with Crippen molar-refractivity contribution in [3.05, 3.63) is 36.9 Å². The zero-order valence-electron chi connectivity index (χ0n) is 22.5. The van der Waals surface area contributed by atoms with Gasteiger partial charge in [0.05, 0.1) is 28.4 Å². The van der Waals surface area contributed by atoms with Gasteiger partial charge in [0.15, 0.2) is 17.2 Å². The fourth-order valence-corrected chi connectivity index (χ4v) is 5.23. The van der Waals surface area contributed by atoms with Crippen LogP contribution in [0.3, 0.4) is 0 Å². The van der Waals surface area contributed by atoms with E-state index in [2.05, 4.69) is 13.2 Å². The number of amides is 1. The van der Waals surface area contributed by atoms with Crippen LogP contribution in [0.4, 0.5) is 4.79 Å². The molecule has 36 heavy (non-hydrogen) atoms. The van der Waals surface area contributed by atoms with Gasteiger partial charge in [0.25, 0.3) is 0 Å². The molecule has 0 aromatic carbocycles. The molecule has 0 aromatic heterocycles. The zero-order chi connectivity index (χ0) is 26.8. The summed E-state index contributed by atoms with van der Waals surface area (Å²) >= 11 is 0. The summed E-state index contributed by atoms with van der Waals surface area (Å²) in [5.41, 5.74) is -2.03. The van der Waals surface area contributed by atoms with E-state index in [1.54, 1.807) is 19.3 Å². The number of methoxy groups -OCH3 is 4. The summed E-state index contributed by atoms with van der Waals surface area (Å²) < 4.78 is 29.3. The maximum atomic E-state index is 13.7. The highest BCUT2D eigenvalue weighted by Crippen LogP contribution is 2.50. The minimum atomic E-state index is -1.31. The van der Waals surface area contributed by atoms with Crippen molar-refractivity contribution in [1.29, 1.82) is 0 Å². The first-order valence-electron chi connectivity index (χ1n) is 12.0. The summed E-state index contributed by atoms with van der Waals surface area (Å²) in [7, 11) is 6.10. The van der Waals surface area contributed by atoms with Crippen molar-refractivity contribution in [3.63, 3.8) is 0 Å². The highest BCUT2D eigenvalue weighted by Gasteiger charge is 2.71. The van der Waals surface area contributed by atoms with Gasteiger partial charge in [0.2, 0.25) is 23.6 Å². The highest BCUT2D eigenvalue weighted by atomic mass is 16.6. The van der Waals surface area contributed by atoms with Crippen molar-refractivity contribution in [1.82, 2.24) is 4.90 Å². The summed E-state index contributed by atoms with van der Waals surface area (Å²) in [4.78, 5) is 29.9. The number of allylic oxidation sites excluding steroid dienone is 1. The molecule has 3 rings (SSSR count). The monoisotopic (exact) mass is 502 g/mol. The molecular weight excluding hydrogens is 464 g/mol. The van der Waals surface area contributed by atoms with Crippen LogP contribution in [0.1, 0.15) is 40.5 Å². The normalized spacial score (nSPS) is 29.8. The summed E-state index contributed by atoms with van der Waals surface area (Å²) in [6.45, 7) is 15.9. The van der Waals surface area contributed by atoms with E-state index in [0.717, 1.165) is 0 Å². The SMILES string of the molecule is C=CC[C@@]1([C@@H]2OC(=O)N3C(OC)=C(C(C)C)N=C(OC)[C@]23CC=C)N=C(OC)[C@@H](C(C)C)N=C1OC. The highest BCUT2D eigenvalue weighted by molar-refractivity contribution is 6.02. The number of hydrogen-bond donors (Lipinski definition) is 0. The van der Waals surface area contributed by atoms with Crippen molar-refractivity contribution in [3.8, 4) is 0 Å². The summed E-state index contributed by atoms with van der Waals surface area (Å²) in [6, 6.07) is -0.365. The Morgan fingerprint density at radius 3 is 2.11 bits per heavy atom. The largest absolute Gasteiger partial charge is 0.483 e. The fraction of sp³-hybridized carbons (Fsp3) is 0.615. The van der Waals surface area contributed by atoms with Crippen molar-refractivity contribution in [2.45, 2.75) is 63.8 Å². The van der Waals surface area contributed by atoms with Crippen molar-refractivity contribution < 1.29 is 28.5 Å². The Kier molecular flexibility index (Phi) is 7.85. The molecule has 0 unspecified atom stereocenters. The molecule has 3 aliphatic rings. The van der Waals surface area contributed by atoms with Crippen LogP contribution in [0.5, 0.6) is 0 Å². The zero-order valence-corrected chi connectivity index (χ0v) is 22.5. The third kappa shape index (κ3) is 3.87. The van der Waals surface area contributed by atoms with E-state index in [1.165, 1.54) is 26.2 Å². The molecule has 0 N–H and O–H groups in total. The quantitative estimate of drug-likeness (QED) is 0.463. The van der Waals surface area contributed by atoms with Gasteiger partial charge in [-0.3, -0.25) is 0 Å². The van der Waals surface area contributed by atoms with Gasteiger partial charge in [-0.1, -0.05) is 39.8 Å². The summed E-state index contributed by atoms with van der Waals surface area (Å²) in [5, 5.41) is 0. The topological polar surface area (TPSA) is 104 Å². The first kappa shape index (κ1) is 27.3. The fourth-order valence-electron chi connectivity index (χ4n) is 5.23. The third-order valence-corrected chi connectivity index (χ3v) is 6.75. The first-order valence-corrected chi connectivity index (χ1v) is 12.0. The lowest BCUT2D eigenvalue weighted by Gasteiger charge is -2.47. The van der Waals surface area contributed by atoms with Crippen LogP contribution in [0.15, 0.2) is 51.9 Å². The number of rotatable bonds is 8. The molecule has 0 saturated carbocycles. The van der Waals surface area contributed by atoms with Gasteiger partial charge in [-0.05, 0) is 5.92 Å². The molecule has 0 spiro atoms. The van der Waals surface area contributed by atoms with Crippen molar-refractivity contribution in [2.75, 3.05) is 28.4 Å². The number of carbonyl (C=O) groups is 1. The predicted molar refractivity (Wildman–Crippen MR) is 138 cm³/mol. The van der Waals surface area contributed by atoms with Gasteiger partial charge in [0.1, 0.15) is 11.7 Å². The Hall–Kier alpha value is -3.30. The number of cyclic esters (lactones) is 1. The van der Waals surface area contributed by atoms with Crippen molar-refractivity contribution in [2.24, 2.45) is 26.8 Å². The minimum absolute atomic E-state index is 0.0588. The van der Waals surface area contributed by atoms with E-state index < -0.39 is 23.3 Å². The van der Waals surface area contributed by atoms with Crippen LogP contribution in [0.25, 0.3) is 0 Å². The third-order valence-electron chi connectivity index (χ3n) is 6.75. The number of aliphatic imine (C=N–C) groups is 3. The number of hydrogen-bond acceptors (Lipinski definition) is 9. The Morgan fingerprint density at radius 1 is 1.00 bits per heavy atom. The van der Waals surface area contributed by atoms with Gasteiger partial charge in [0, 0.05) is 18.8 Å². The van der Waals surface area contributed by atoms with E-state index >= 15 is 0 Å². The number of nitrogens with zero attached hydrogens (tertiary/aromatic N) is 4. The van der Waals surface area contributed by atoms with E-state index in [-0.39, 0.29) is 42.5 Å². The Labute approximate surface area is 213 Å². The molecule has 3 aliphatic heterocycles. The van der Waals surface area contributed by atoms with Gasteiger partial charge in [-0.25, -0.2) is 24.7 Å². The number of ether oxygens (including phenoxy) is 5. The van der Waals surface area contributed by atoms with E-state index in [0.29, 0.717) is 17.5 Å². The van der Waals surface area contributed by atoms with E-state index in [4.69, 9.17) is 38.7 Å². The maximum absolute atomic E-state index is 13.7. The van der Waals surface area contributed by atoms with Crippen LogP contribution in [-0.2, 0) is 23.7 Å². The van der Waals surface area contributed by atoms with Crippen LogP contribution in [0, 0.1) is 11.8 Å². The second kappa shape index (κ2) is 10.4. The van der Waals surface area contributed by atoms with Crippen LogP contribution >= 0.6 is 0 Å². The summed E-state index contributed by atoms with van der Waals surface area (Å²) in [6.07, 6.45) is 2.23. The molecule has 10 heteroatoms. The Bertz CT molecular complexity index is 1030. The average molecular weight is 503 g/mol. The maximum Gasteiger partial charge on any atom is 0.418 e.